The van der Waals surface area contributed by atoms with E-state index in [2.05, 4.69) is 0 Å². The first-order valence-corrected chi connectivity index (χ1v) is 15.3. The van der Waals surface area contributed by atoms with Crippen LogP contribution in [0.1, 0.15) is 37.8 Å². The van der Waals surface area contributed by atoms with E-state index in [-0.39, 0.29) is 11.5 Å². The van der Waals surface area contributed by atoms with Crippen molar-refractivity contribution in [1.82, 2.24) is 0 Å². The van der Waals surface area contributed by atoms with Crippen molar-refractivity contribution < 1.29 is 53.1 Å². The van der Waals surface area contributed by atoms with Gasteiger partial charge < -0.3 is 0 Å². The summed E-state index contributed by atoms with van der Waals surface area (Å²) in [6.07, 6.45) is -0.101. The molecule has 2 aromatic rings. The monoisotopic (exact) mass is 570 g/mol. The molecule has 0 spiro atoms. The van der Waals surface area contributed by atoms with E-state index in [1.54, 1.807) is 0 Å². The molecule has 2 nitrogen and oxygen atoms in total. The average molecular weight is 572 g/mol. The molecule has 0 unspecified atom stereocenters. The number of hydrogen-bond donors (Lipinski definition) is 0. The average Bonchev–Trinajstić information content (AvgIpc) is 3.41. The molecule has 2 aromatic carbocycles. The molecule has 0 amide bonds. The number of halogens is 6. The first-order valence-electron chi connectivity index (χ1n) is 10.9. The van der Waals surface area contributed by atoms with Gasteiger partial charge in [0.15, 0.2) is 0 Å². The molecule has 184 valence electrons. The molecule has 9 heteroatoms. The van der Waals surface area contributed by atoms with Crippen LogP contribution >= 0.6 is 0 Å². The molecule has 2 aliphatic rings. The first-order chi connectivity index (χ1) is 16.4. The summed E-state index contributed by atoms with van der Waals surface area (Å²) < 4.78 is 93.6. The predicted molar refractivity (Wildman–Crippen MR) is 117 cm³/mol. The third-order valence-corrected chi connectivity index (χ3v) is 15.4. The molecule has 4 rings (SSSR count). The van der Waals surface area contributed by atoms with Crippen LogP contribution in [0.5, 0.6) is 11.5 Å². The zero-order chi connectivity index (χ0) is 25.4. The Balaban J connectivity index is 1.81. The number of benzene rings is 2. The molecule has 2 aliphatic carbocycles. The molecule has 0 fully saturated rings. The van der Waals surface area contributed by atoms with Gasteiger partial charge in [-0.25, -0.2) is 0 Å². The maximum absolute atomic E-state index is 13.1. The molecule has 0 saturated carbocycles. The summed E-state index contributed by atoms with van der Waals surface area (Å²) in [5, 5.41) is 0. The maximum atomic E-state index is 13.1. The third-order valence-electron chi connectivity index (χ3n) is 6.01. The van der Waals surface area contributed by atoms with Gasteiger partial charge in [-0.3, -0.25) is 0 Å². The van der Waals surface area contributed by atoms with E-state index in [0.717, 1.165) is 42.0 Å². The summed E-state index contributed by atoms with van der Waals surface area (Å²) in [6, 6.07) is 8.86. The van der Waals surface area contributed by atoms with Gasteiger partial charge in [0.05, 0.1) is 0 Å². The van der Waals surface area contributed by atoms with Crippen molar-refractivity contribution in [3.63, 3.8) is 0 Å². The van der Waals surface area contributed by atoms with E-state index in [4.69, 9.17) is 5.63 Å². The van der Waals surface area contributed by atoms with Gasteiger partial charge in [-0.15, -0.1) is 0 Å². The van der Waals surface area contributed by atoms with Crippen LogP contribution < -0.4 is 5.63 Å². The van der Waals surface area contributed by atoms with Crippen LogP contribution in [0.15, 0.2) is 90.5 Å². The summed E-state index contributed by atoms with van der Waals surface area (Å²) in [7, 11) is 0. The molecule has 0 atom stereocenters. The molecule has 0 heterocycles. The Morgan fingerprint density at radius 3 is 1.20 bits per heavy atom. The second-order valence-corrected chi connectivity index (χ2v) is 15.4. The number of hydrogen-bond acceptors (Lipinski definition) is 2. The Kier molecular flexibility index (Phi) is 6.93. The summed E-state index contributed by atoms with van der Waals surface area (Å²) in [5.74, 6) is 0.445. The molecule has 0 aliphatic heterocycles. The van der Waals surface area contributed by atoms with E-state index < -0.39 is 44.6 Å². The Morgan fingerprint density at radius 1 is 0.600 bits per heavy atom. The van der Waals surface area contributed by atoms with Crippen molar-refractivity contribution in [3.8, 4) is 11.5 Å². The minimum atomic E-state index is -4.63. The molecule has 0 radical (unpaired) electrons. The van der Waals surface area contributed by atoms with Crippen LogP contribution in [0, 0.1) is 0 Å². The van der Waals surface area contributed by atoms with Gasteiger partial charge in [0, 0.05) is 0 Å². The van der Waals surface area contributed by atoms with E-state index in [9.17, 15) is 26.3 Å². The summed E-state index contributed by atoms with van der Waals surface area (Å²) in [5.41, 5.74) is 0.272. The molecule has 35 heavy (non-hydrogen) atoms. The second-order valence-electron chi connectivity index (χ2n) is 8.40. The van der Waals surface area contributed by atoms with Crippen molar-refractivity contribution in [1.29, 1.82) is 0 Å². The van der Waals surface area contributed by atoms with Gasteiger partial charge >= 0.3 is 205 Å². The van der Waals surface area contributed by atoms with Crippen molar-refractivity contribution in [3.05, 3.63) is 102 Å². The van der Waals surface area contributed by atoms with Gasteiger partial charge in [0.25, 0.3) is 0 Å². The van der Waals surface area contributed by atoms with Crippen LogP contribution in [-0.2, 0) is 33.5 Å². The third kappa shape index (κ3) is 5.35. The minimum absolute atomic E-state index is 0.222. The van der Waals surface area contributed by atoms with E-state index in [1.165, 1.54) is 24.3 Å². The summed E-state index contributed by atoms with van der Waals surface area (Å²) in [6.45, 7) is 3.82. The molecule has 0 bridgehead atoms. The van der Waals surface area contributed by atoms with E-state index in [0.29, 0.717) is 12.8 Å². The Labute approximate surface area is 204 Å². The van der Waals surface area contributed by atoms with Crippen LogP contribution in [0.25, 0.3) is 0 Å². The Morgan fingerprint density at radius 2 is 0.943 bits per heavy atom. The zero-order valence-electron chi connectivity index (χ0n) is 18.9. The number of allylic oxidation sites excluding steroid dienone is 8. The fourth-order valence-corrected chi connectivity index (χ4v) is 13.6. The van der Waals surface area contributed by atoms with E-state index in [1.807, 2.05) is 38.2 Å². The summed E-state index contributed by atoms with van der Waals surface area (Å²) >= 11 is -4.63. The van der Waals surface area contributed by atoms with Gasteiger partial charge in [-0.2, -0.15) is 0 Å². The van der Waals surface area contributed by atoms with Gasteiger partial charge in [0.2, 0.25) is 0 Å². The van der Waals surface area contributed by atoms with Gasteiger partial charge in [0.1, 0.15) is 0 Å². The standard InChI is InChI=1S/2C7H5F3O.2C6H7.Zr/c2*8-7(9,10)5-1-3-6(11)4-2-5;2*1-6-4-2-3-5-6;/h2*1-4,11H;2*2,4H,3H2,1H3;/q;;;;+2/p-2. The zero-order valence-corrected chi connectivity index (χ0v) is 21.4. The first kappa shape index (κ1) is 25.6. The molecular weight excluding hydrogens is 549 g/mol. The fraction of sp³-hybridized carbons (Fsp3) is 0.231. The van der Waals surface area contributed by atoms with Crippen molar-refractivity contribution in [2.45, 2.75) is 39.0 Å². The second kappa shape index (κ2) is 9.49. The fourth-order valence-electron chi connectivity index (χ4n) is 4.22. The summed E-state index contributed by atoms with van der Waals surface area (Å²) in [4.78, 5) is 0. The predicted octanol–water partition coefficient (Wildman–Crippen LogP) is 8.63. The number of alkyl halides is 6. The molecular formula is C26H22F6O2Zr. The van der Waals surface area contributed by atoms with E-state index >= 15 is 0 Å². The van der Waals surface area contributed by atoms with Crippen LogP contribution in [0.3, 0.4) is 0 Å². The van der Waals surface area contributed by atoms with Crippen LogP contribution in [-0.4, -0.2) is 0 Å². The topological polar surface area (TPSA) is 18.5 Å². The molecule has 0 saturated heterocycles. The SMILES string of the molecule is CC1=[C]([Zr]([O]c2ccc(C(F)(F)F)cc2)([O]c2ccc(C(F)(F)F)cc2)[C]2=C(C)C=CC2)CC=C1. The van der Waals surface area contributed by atoms with Crippen LogP contribution in [0.4, 0.5) is 26.3 Å². The Bertz CT molecular complexity index is 1120. The quantitative estimate of drug-likeness (QED) is 0.323. The Hall–Kier alpha value is -2.54. The van der Waals surface area contributed by atoms with Crippen LogP contribution in [0.2, 0.25) is 0 Å². The van der Waals surface area contributed by atoms with Gasteiger partial charge in [-0.05, 0) is 0 Å². The molecule has 0 N–H and O–H groups in total. The molecule has 0 aromatic heterocycles. The normalized spacial score (nSPS) is 16.5. The van der Waals surface area contributed by atoms with Crippen molar-refractivity contribution >= 4 is 0 Å². The van der Waals surface area contributed by atoms with Crippen molar-refractivity contribution in [2.24, 2.45) is 0 Å². The number of rotatable bonds is 6. The van der Waals surface area contributed by atoms with Gasteiger partial charge in [-0.1, -0.05) is 0 Å². The van der Waals surface area contributed by atoms with Crippen molar-refractivity contribution in [2.75, 3.05) is 0 Å².